The zero-order valence-electron chi connectivity index (χ0n) is 7.52. The number of carbonyl (C=O) groups excluding carboxylic acids is 1. The van der Waals surface area contributed by atoms with Crippen molar-refractivity contribution in [2.24, 2.45) is 5.16 Å². The lowest BCUT2D eigenvalue weighted by Gasteiger charge is -2.00. The second kappa shape index (κ2) is 4.26. The number of hydrogen-bond donors (Lipinski definition) is 3. The molecule has 1 aromatic heterocycles. The fraction of sp³-hybridized carbons (Fsp3) is 0.286. The Labute approximate surface area is 79.5 Å². The molecule has 0 aliphatic heterocycles. The van der Waals surface area contributed by atoms with Crippen LogP contribution < -0.4 is 5.73 Å². The summed E-state index contributed by atoms with van der Waals surface area (Å²) >= 11 is 0. The molecule has 0 saturated heterocycles. The first-order chi connectivity index (χ1) is 6.69. The number of nitrogens with zero attached hydrogens (tertiary/aromatic N) is 2. The average Bonchev–Trinajstić information content (AvgIpc) is 2.54. The zero-order valence-corrected chi connectivity index (χ0v) is 7.52. The summed E-state index contributed by atoms with van der Waals surface area (Å²) in [5.74, 6) is -0.538. The third kappa shape index (κ3) is 2.00. The highest BCUT2D eigenvalue weighted by atomic mass is 16.5. The maximum absolute atomic E-state index is 11.2. The minimum absolute atomic E-state index is 0.196. The van der Waals surface area contributed by atoms with Gasteiger partial charge < -0.3 is 15.7 Å². The normalized spacial score (nSPS) is 11.4. The van der Waals surface area contributed by atoms with Crippen molar-refractivity contribution in [3.63, 3.8) is 0 Å². The summed E-state index contributed by atoms with van der Waals surface area (Å²) in [4.78, 5) is 11.2. The summed E-state index contributed by atoms with van der Waals surface area (Å²) in [7, 11) is 0. The summed E-state index contributed by atoms with van der Waals surface area (Å²) < 4.78 is 4.64. The van der Waals surface area contributed by atoms with Gasteiger partial charge in [0.1, 0.15) is 5.82 Å². The van der Waals surface area contributed by atoms with E-state index in [1.54, 1.807) is 6.92 Å². The molecule has 1 heterocycles. The number of hydrogen-bond acceptors (Lipinski definition) is 6. The van der Waals surface area contributed by atoms with Crippen molar-refractivity contribution < 1.29 is 14.7 Å². The van der Waals surface area contributed by atoms with E-state index >= 15 is 0 Å². The van der Waals surface area contributed by atoms with Gasteiger partial charge in [-0.15, -0.1) is 0 Å². The number of anilines is 1. The van der Waals surface area contributed by atoms with Crippen molar-refractivity contribution in [2.45, 2.75) is 6.92 Å². The molecule has 1 rings (SSSR count). The largest absolute Gasteiger partial charge is 0.461 e. The van der Waals surface area contributed by atoms with Crippen molar-refractivity contribution in [1.29, 1.82) is 0 Å². The summed E-state index contributed by atoms with van der Waals surface area (Å²) in [5, 5.41) is 17.4. The summed E-state index contributed by atoms with van der Waals surface area (Å²) in [6.45, 7) is 1.84. The van der Waals surface area contributed by atoms with Crippen molar-refractivity contribution in [1.82, 2.24) is 10.2 Å². The minimum atomic E-state index is -0.737. The molecule has 1 aromatic rings. The number of aromatic nitrogens is 2. The molecule has 7 heteroatoms. The summed E-state index contributed by atoms with van der Waals surface area (Å²) in [6.07, 6.45) is 0. The van der Waals surface area contributed by atoms with Crippen LogP contribution in [0.5, 0.6) is 0 Å². The van der Waals surface area contributed by atoms with E-state index < -0.39 is 5.97 Å². The molecular weight excluding hydrogens is 188 g/mol. The smallest absolute Gasteiger partial charge is 0.362 e. The van der Waals surface area contributed by atoms with Crippen LogP contribution >= 0.6 is 0 Å². The van der Waals surface area contributed by atoms with Gasteiger partial charge in [-0.05, 0) is 6.92 Å². The molecule has 76 valence electrons. The monoisotopic (exact) mass is 198 g/mol. The molecule has 0 spiro atoms. The molecule has 0 radical (unpaired) electrons. The number of aromatic amines is 1. The number of nitrogen functional groups attached to an aromatic ring is 1. The third-order valence-electron chi connectivity index (χ3n) is 1.42. The van der Waals surface area contributed by atoms with Gasteiger partial charge in [0.25, 0.3) is 0 Å². The van der Waals surface area contributed by atoms with Gasteiger partial charge in [-0.25, -0.2) is 4.79 Å². The highest BCUT2D eigenvalue weighted by Crippen LogP contribution is 2.03. The van der Waals surface area contributed by atoms with Crippen LogP contribution in [0.15, 0.2) is 11.2 Å². The van der Waals surface area contributed by atoms with Crippen LogP contribution in [0.4, 0.5) is 5.82 Å². The predicted octanol–water partition coefficient (Wildman–Crippen LogP) is -0.267. The van der Waals surface area contributed by atoms with E-state index in [1.165, 1.54) is 6.07 Å². The van der Waals surface area contributed by atoms with Crippen LogP contribution in [-0.2, 0) is 9.53 Å². The van der Waals surface area contributed by atoms with Crippen molar-refractivity contribution in [2.75, 3.05) is 12.3 Å². The second-order valence-electron chi connectivity index (χ2n) is 2.38. The molecule has 0 atom stereocenters. The Morgan fingerprint density at radius 1 is 1.86 bits per heavy atom. The van der Waals surface area contributed by atoms with Gasteiger partial charge in [-0.2, -0.15) is 5.10 Å². The van der Waals surface area contributed by atoms with Gasteiger partial charge in [-0.3, -0.25) is 5.10 Å². The molecule has 0 aromatic carbocycles. The maximum atomic E-state index is 11.2. The standard InChI is InChI=1S/C7H10N4O3/c1-2-14-7(12)6(11-13)4-3-5(8)10-9-4/h3,13H,2H2,1H3,(H3,8,9,10)/b11-6-. The van der Waals surface area contributed by atoms with Gasteiger partial charge in [0, 0.05) is 6.07 Å². The third-order valence-corrected chi connectivity index (χ3v) is 1.42. The highest BCUT2D eigenvalue weighted by molar-refractivity contribution is 6.42. The lowest BCUT2D eigenvalue weighted by molar-refractivity contribution is -0.135. The lowest BCUT2D eigenvalue weighted by atomic mass is 10.3. The lowest BCUT2D eigenvalue weighted by Crippen LogP contribution is -2.19. The van der Waals surface area contributed by atoms with E-state index in [4.69, 9.17) is 10.9 Å². The fourth-order valence-electron chi connectivity index (χ4n) is 0.863. The topological polar surface area (TPSA) is 114 Å². The van der Waals surface area contributed by atoms with E-state index in [9.17, 15) is 4.79 Å². The zero-order chi connectivity index (χ0) is 10.6. The van der Waals surface area contributed by atoms with Crippen LogP contribution in [0.2, 0.25) is 0 Å². The Balaban J connectivity index is 2.88. The molecule has 0 unspecified atom stereocenters. The molecule has 0 bridgehead atoms. The predicted molar refractivity (Wildman–Crippen MR) is 48.0 cm³/mol. The quantitative estimate of drug-likeness (QED) is 0.268. The van der Waals surface area contributed by atoms with E-state index in [0.717, 1.165) is 0 Å². The Morgan fingerprint density at radius 2 is 2.57 bits per heavy atom. The van der Waals surface area contributed by atoms with Crippen LogP contribution in [-0.4, -0.2) is 33.7 Å². The fourth-order valence-corrected chi connectivity index (χ4v) is 0.863. The summed E-state index contributed by atoms with van der Waals surface area (Å²) in [6, 6.07) is 1.37. The van der Waals surface area contributed by atoms with Crippen LogP contribution in [0.25, 0.3) is 0 Å². The number of esters is 1. The molecule has 4 N–H and O–H groups in total. The number of H-pyrrole nitrogens is 1. The number of nitrogens with one attached hydrogen (secondary N) is 1. The van der Waals surface area contributed by atoms with E-state index in [2.05, 4.69) is 20.1 Å². The Morgan fingerprint density at radius 3 is 3.00 bits per heavy atom. The van der Waals surface area contributed by atoms with Crippen molar-refractivity contribution in [3.05, 3.63) is 11.8 Å². The van der Waals surface area contributed by atoms with E-state index in [-0.39, 0.29) is 23.8 Å². The molecule has 14 heavy (non-hydrogen) atoms. The molecule has 7 nitrogen and oxygen atoms in total. The van der Waals surface area contributed by atoms with Crippen LogP contribution in [0, 0.1) is 0 Å². The maximum Gasteiger partial charge on any atom is 0.362 e. The minimum Gasteiger partial charge on any atom is -0.461 e. The Bertz CT molecular complexity index is 358. The summed E-state index contributed by atoms with van der Waals surface area (Å²) in [5.41, 5.74) is 5.27. The molecule has 0 saturated carbocycles. The molecule has 0 aliphatic rings. The Kier molecular flexibility index (Phi) is 3.05. The molecular formula is C7H10N4O3. The number of nitrogens with two attached hydrogens (primary N) is 1. The van der Waals surface area contributed by atoms with Gasteiger partial charge in [0.05, 0.1) is 12.3 Å². The first-order valence-electron chi connectivity index (χ1n) is 3.89. The van der Waals surface area contributed by atoms with Crippen molar-refractivity contribution in [3.8, 4) is 0 Å². The first-order valence-corrected chi connectivity index (χ1v) is 3.89. The van der Waals surface area contributed by atoms with Crippen LogP contribution in [0.3, 0.4) is 0 Å². The first kappa shape index (κ1) is 10.0. The van der Waals surface area contributed by atoms with Gasteiger partial charge in [-0.1, -0.05) is 5.16 Å². The highest BCUT2D eigenvalue weighted by Gasteiger charge is 2.18. The SMILES string of the molecule is CCOC(=O)/C(=N\O)c1cc(N)n[nH]1. The van der Waals surface area contributed by atoms with Gasteiger partial charge >= 0.3 is 5.97 Å². The number of ether oxygens (including phenoxy) is 1. The van der Waals surface area contributed by atoms with Crippen LogP contribution in [0.1, 0.15) is 12.6 Å². The van der Waals surface area contributed by atoms with E-state index in [1.807, 2.05) is 0 Å². The average molecular weight is 198 g/mol. The molecule has 0 fully saturated rings. The number of carbonyl (C=O) groups is 1. The Hall–Kier alpha value is -2.05. The van der Waals surface area contributed by atoms with Gasteiger partial charge in [0.15, 0.2) is 0 Å². The van der Waals surface area contributed by atoms with Gasteiger partial charge in [0.2, 0.25) is 5.71 Å². The number of rotatable bonds is 3. The molecule has 0 amide bonds. The van der Waals surface area contributed by atoms with Crippen molar-refractivity contribution >= 4 is 17.5 Å². The van der Waals surface area contributed by atoms with E-state index in [0.29, 0.717) is 0 Å². The second-order valence-corrected chi connectivity index (χ2v) is 2.38. The number of oxime groups is 1. The molecule has 0 aliphatic carbocycles.